The molecule has 2 aromatic heterocycles. The van der Waals surface area contributed by atoms with E-state index in [4.69, 9.17) is 19.4 Å². The Morgan fingerprint density at radius 2 is 1.00 bits per heavy atom. The summed E-state index contributed by atoms with van der Waals surface area (Å²) in [5.74, 6) is 2.13. The summed E-state index contributed by atoms with van der Waals surface area (Å²) in [6, 6.07) is 36.2. The van der Waals surface area contributed by atoms with Gasteiger partial charge in [-0.05, 0) is 70.1 Å². The zero-order valence-electron chi connectivity index (χ0n) is 37.0. The maximum Gasteiger partial charge on any atom is 0.135 e. The number of nitrogens with zero attached hydrogens (tertiary/aromatic N) is 4. The van der Waals surface area contributed by atoms with Gasteiger partial charge in [-0.2, -0.15) is 0 Å². The van der Waals surface area contributed by atoms with E-state index in [1.807, 2.05) is 24.5 Å². The molecule has 0 aliphatic carbocycles. The summed E-state index contributed by atoms with van der Waals surface area (Å²) in [6.07, 6.45) is 16.7. The third-order valence-electron chi connectivity index (χ3n) is 15.9. The van der Waals surface area contributed by atoms with Gasteiger partial charge in [-0.3, -0.25) is 9.97 Å². The van der Waals surface area contributed by atoms with Crippen molar-refractivity contribution in [1.29, 1.82) is 0 Å². The largest absolute Gasteiger partial charge is 1.00 e. The van der Waals surface area contributed by atoms with Crippen molar-refractivity contribution in [3.8, 4) is 0 Å². The molecular weight excluding hydrogens is 920 g/mol. The van der Waals surface area contributed by atoms with Crippen molar-refractivity contribution in [3.05, 3.63) is 182 Å². The fourth-order valence-corrected chi connectivity index (χ4v) is 12.9. The number of pyridine rings is 2. The Morgan fingerprint density at radius 1 is 0.578 bits per heavy atom. The maximum atomic E-state index is 7.01. The molecule has 64 heavy (non-hydrogen) atoms. The summed E-state index contributed by atoms with van der Waals surface area (Å²) in [5, 5.41) is 4.97. The average Bonchev–Trinajstić information content (AvgIpc) is 3.32. The lowest BCUT2D eigenvalue weighted by molar-refractivity contribution is -0.987. The molecule has 0 saturated carbocycles. The first kappa shape index (κ1) is 46.3. The first-order valence-corrected chi connectivity index (χ1v) is 23.1. The first-order chi connectivity index (χ1) is 30.5. The van der Waals surface area contributed by atoms with E-state index in [-0.39, 0.29) is 58.3 Å². The number of halogens is 2. The molecule has 8 heterocycles. The number of ether oxygens (including phenoxy) is 2. The molecule has 6 fully saturated rings. The topological polar surface area (TPSA) is 44.2 Å². The highest BCUT2D eigenvalue weighted by Gasteiger charge is 2.57. The van der Waals surface area contributed by atoms with Gasteiger partial charge >= 0.3 is 0 Å². The normalized spacial score (nSPS) is 27.9. The summed E-state index contributed by atoms with van der Waals surface area (Å²) in [4.78, 5) is 9.57. The van der Waals surface area contributed by atoms with Gasteiger partial charge in [-0.1, -0.05) is 85.0 Å². The maximum absolute atomic E-state index is 7.01. The van der Waals surface area contributed by atoms with E-state index in [0.717, 1.165) is 72.1 Å². The van der Waals surface area contributed by atoms with Gasteiger partial charge in [0, 0.05) is 71.8 Å². The van der Waals surface area contributed by atoms with E-state index >= 15 is 0 Å². The average molecular weight is 983 g/mol. The van der Waals surface area contributed by atoms with Crippen LogP contribution in [0.2, 0.25) is 0 Å². The van der Waals surface area contributed by atoms with Gasteiger partial charge in [-0.15, -0.1) is 26.3 Å². The molecule has 6 nitrogen and oxygen atoms in total. The van der Waals surface area contributed by atoms with Gasteiger partial charge < -0.3 is 52.4 Å². The molecule has 6 aliphatic rings. The summed E-state index contributed by atoms with van der Waals surface area (Å²) >= 11 is 0. The van der Waals surface area contributed by atoms with Crippen LogP contribution in [-0.2, 0) is 22.6 Å². The molecule has 0 amide bonds. The number of para-hydroxylation sites is 2. The monoisotopic (exact) mass is 980 g/mol. The van der Waals surface area contributed by atoms with Crippen molar-refractivity contribution in [2.45, 2.75) is 63.1 Å². The zero-order chi connectivity index (χ0) is 42.3. The highest BCUT2D eigenvalue weighted by atomic mass is 79.9. The first-order valence-electron chi connectivity index (χ1n) is 23.1. The van der Waals surface area contributed by atoms with Crippen LogP contribution in [0.1, 0.15) is 60.1 Å². The second-order valence-corrected chi connectivity index (χ2v) is 19.0. The molecule has 12 rings (SSSR count). The molecular formula is C56H62Br2N4O2. The second-order valence-electron chi connectivity index (χ2n) is 19.0. The van der Waals surface area contributed by atoms with Crippen LogP contribution in [0.5, 0.6) is 0 Å². The number of aromatic nitrogens is 2. The van der Waals surface area contributed by atoms with Crippen LogP contribution in [0.3, 0.4) is 0 Å². The fraction of sp³-hybridized carbons (Fsp3) is 0.357. The number of rotatable bonds is 16. The molecule has 10 atom stereocenters. The number of quaternary nitrogens is 2. The Labute approximate surface area is 401 Å². The molecule has 6 saturated heterocycles. The molecule has 6 aromatic rings. The van der Waals surface area contributed by atoms with E-state index in [0.29, 0.717) is 36.9 Å². The highest BCUT2D eigenvalue weighted by molar-refractivity contribution is 5.85. The lowest BCUT2D eigenvalue weighted by atomic mass is 9.70. The predicted octanol–water partition coefficient (Wildman–Crippen LogP) is 5.65. The molecule has 0 radical (unpaired) electrons. The molecule has 4 aromatic carbocycles. The standard InChI is InChI=1S/C56H62N4O2.2BrH/c1-5-29-61-55(49-21-25-57-51-19-13-11-17-47(49)51)53-33-43-23-27-59(53,35-39(43)7-3)37-45-31-41-15-9-10-16-42(41)32-46(45)38-60-28-24-44(40(8-4)36-60)34-54(60)56(62-30-6-2)50-22-26-58-52-20-14-12-18-48(50)52;;/h5-22,25-26,31-32,39-40,43-44,53-56H,1-4,23-24,27-30,33-38H2;2*1H/q+2;;/p-2/t39?,40?,43?,44?,53?,54?,55-,56-,59?,60?;;/m1../s1. The van der Waals surface area contributed by atoms with Crippen LogP contribution < -0.4 is 34.0 Å². The lowest BCUT2D eigenvalue weighted by Gasteiger charge is -2.59. The number of hydrogen-bond acceptors (Lipinski definition) is 4. The Morgan fingerprint density at radius 3 is 1.42 bits per heavy atom. The Hall–Kier alpha value is -4.28. The van der Waals surface area contributed by atoms with Crippen molar-refractivity contribution in [2.24, 2.45) is 23.7 Å². The van der Waals surface area contributed by atoms with Crippen molar-refractivity contribution < 1.29 is 52.4 Å². The lowest BCUT2D eigenvalue weighted by Crippen LogP contribution is -3.00. The smallest absolute Gasteiger partial charge is 0.135 e. The number of hydrogen-bond donors (Lipinski definition) is 0. The fourth-order valence-electron chi connectivity index (χ4n) is 12.9. The summed E-state index contributed by atoms with van der Waals surface area (Å²) in [6.45, 7) is 24.4. The van der Waals surface area contributed by atoms with Crippen molar-refractivity contribution >= 4 is 32.6 Å². The van der Waals surface area contributed by atoms with E-state index in [2.05, 4.69) is 136 Å². The van der Waals surface area contributed by atoms with Crippen LogP contribution in [-0.4, -0.2) is 70.4 Å². The van der Waals surface area contributed by atoms with Crippen LogP contribution in [0.25, 0.3) is 32.6 Å². The summed E-state index contributed by atoms with van der Waals surface area (Å²) < 4.78 is 16.0. The molecule has 8 heteroatoms. The van der Waals surface area contributed by atoms with Crippen molar-refractivity contribution in [3.63, 3.8) is 0 Å². The molecule has 0 N–H and O–H groups in total. The molecule has 4 bridgehead atoms. The van der Waals surface area contributed by atoms with E-state index in [1.165, 1.54) is 56.6 Å². The van der Waals surface area contributed by atoms with Crippen LogP contribution >= 0.6 is 0 Å². The Kier molecular flexibility index (Phi) is 14.2. The minimum Gasteiger partial charge on any atom is -1.00 e. The predicted molar refractivity (Wildman–Crippen MR) is 253 cm³/mol. The molecule has 8 unspecified atom stereocenters. The molecule has 332 valence electrons. The quantitative estimate of drug-likeness (QED) is 0.0930. The van der Waals surface area contributed by atoms with Crippen molar-refractivity contribution in [2.75, 3.05) is 39.4 Å². The SMILES string of the molecule is C=CCO[C@H](c1ccnc2ccccc12)C1CC2CC[N+]1(Cc1cc3ccccc3cc1C[N+]13CCC(CC1[C@H](OCC=C)c1ccnc4ccccc14)C(C=C)C3)CC2C=C.[Br-].[Br-]. The van der Waals surface area contributed by atoms with Gasteiger partial charge in [0.25, 0.3) is 0 Å². The van der Waals surface area contributed by atoms with Crippen LogP contribution in [0.4, 0.5) is 0 Å². The van der Waals surface area contributed by atoms with Gasteiger partial charge in [0.15, 0.2) is 0 Å². The number of benzene rings is 4. The number of fused-ring (bicyclic) bond motifs is 9. The van der Waals surface area contributed by atoms with Gasteiger partial charge in [-0.25, -0.2) is 0 Å². The van der Waals surface area contributed by atoms with E-state index < -0.39 is 0 Å². The zero-order valence-corrected chi connectivity index (χ0v) is 40.2. The Bertz CT molecular complexity index is 2460. The summed E-state index contributed by atoms with van der Waals surface area (Å²) in [5.41, 5.74) is 7.44. The third-order valence-corrected chi connectivity index (χ3v) is 15.9. The number of piperidine rings is 6. The van der Waals surface area contributed by atoms with Crippen LogP contribution in [0, 0.1) is 23.7 Å². The minimum absolute atomic E-state index is 0. The van der Waals surface area contributed by atoms with Gasteiger partial charge in [0.2, 0.25) is 0 Å². The third kappa shape index (κ3) is 8.40. The van der Waals surface area contributed by atoms with Crippen molar-refractivity contribution in [1.82, 2.24) is 9.97 Å². The molecule has 6 aliphatic heterocycles. The Balaban J connectivity index is 0.00000280. The van der Waals surface area contributed by atoms with Crippen LogP contribution in [0.15, 0.2) is 160 Å². The van der Waals surface area contributed by atoms with E-state index in [9.17, 15) is 0 Å². The van der Waals surface area contributed by atoms with Gasteiger partial charge in [0.05, 0.1) is 50.4 Å². The second kappa shape index (κ2) is 19.7. The minimum atomic E-state index is -0.1000. The van der Waals surface area contributed by atoms with Gasteiger partial charge in [0.1, 0.15) is 37.4 Å². The molecule has 0 spiro atoms. The van der Waals surface area contributed by atoms with E-state index in [1.54, 1.807) is 0 Å². The summed E-state index contributed by atoms with van der Waals surface area (Å²) in [7, 11) is 0. The highest BCUT2D eigenvalue weighted by Crippen LogP contribution is 2.52.